The number of hydrogen-bond donors (Lipinski definition) is 3. The van der Waals surface area contributed by atoms with E-state index in [-0.39, 0.29) is 28.2 Å². The molecule has 1 aliphatic rings. The van der Waals surface area contributed by atoms with Crippen molar-refractivity contribution in [2.24, 2.45) is 7.05 Å². The lowest BCUT2D eigenvalue weighted by Gasteiger charge is -2.35. The summed E-state index contributed by atoms with van der Waals surface area (Å²) in [6.45, 7) is 2.37. The molecule has 0 bridgehead atoms. The summed E-state index contributed by atoms with van der Waals surface area (Å²) in [6.07, 6.45) is 3.15. The van der Waals surface area contributed by atoms with Crippen LogP contribution in [0, 0.1) is 0 Å². The highest BCUT2D eigenvalue weighted by atomic mass is 32.2. The molecule has 0 unspecified atom stereocenters. The van der Waals surface area contributed by atoms with E-state index in [1.54, 1.807) is 37.1 Å². The van der Waals surface area contributed by atoms with E-state index in [2.05, 4.69) is 10.3 Å². The number of rotatable bonds is 4. The first kappa shape index (κ1) is 20.6. The molecule has 1 saturated heterocycles. The third kappa shape index (κ3) is 3.74. The predicted molar refractivity (Wildman–Crippen MR) is 114 cm³/mol. The Balaban J connectivity index is 1.85. The molecule has 158 valence electrons. The van der Waals surface area contributed by atoms with Crippen LogP contribution >= 0.6 is 11.8 Å². The molecule has 0 atom stereocenters. The van der Waals surface area contributed by atoms with E-state index in [0.717, 1.165) is 11.5 Å². The molecule has 10 heteroatoms. The van der Waals surface area contributed by atoms with Gasteiger partial charge in [-0.15, -0.1) is 0 Å². The fraction of sp³-hybridized carbons (Fsp3) is 0.350. The summed E-state index contributed by atoms with van der Waals surface area (Å²) in [5.41, 5.74) is 1.15. The normalized spacial score (nSPS) is 15.5. The molecule has 0 radical (unpaired) electrons. The fourth-order valence-electron chi connectivity index (χ4n) is 3.50. The van der Waals surface area contributed by atoms with Crippen LogP contribution in [-0.2, 0) is 17.8 Å². The highest BCUT2D eigenvalue weighted by Gasteiger charge is 2.39. The molecule has 0 spiro atoms. The Morgan fingerprint density at radius 3 is 2.73 bits per heavy atom. The molecule has 1 amide bonds. The summed E-state index contributed by atoms with van der Waals surface area (Å²) in [7, 11) is 1.61. The van der Waals surface area contributed by atoms with Gasteiger partial charge in [-0.25, -0.2) is 9.88 Å². The van der Waals surface area contributed by atoms with Crippen LogP contribution < -0.4 is 10.9 Å². The van der Waals surface area contributed by atoms with E-state index in [1.165, 1.54) is 28.7 Å². The van der Waals surface area contributed by atoms with Crippen molar-refractivity contribution in [3.05, 3.63) is 46.7 Å². The second-order valence-electron chi connectivity index (χ2n) is 7.16. The van der Waals surface area contributed by atoms with Crippen LogP contribution in [0.2, 0.25) is 0 Å². The summed E-state index contributed by atoms with van der Waals surface area (Å²) >= 11 is 1.74. The van der Waals surface area contributed by atoms with Crippen LogP contribution in [0.15, 0.2) is 39.8 Å². The Bertz CT molecular complexity index is 1160. The SMILES string of the molecule is CC(=O)Nc1cc(-c2cn(C)c(=O)c3cc(C(O)(O)N4CCSCC4)oc23)ccn1. The monoisotopic (exact) mass is 430 g/mol. The largest absolute Gasteiger partial charge is 0.453 e. The topological polar surface area (TPSA) is 121 Å². The standard InChI is InChI=1S/C20H22N4O5S/c1-12(25)22-17-9-13(3-4-21-17)15-11-23(2)19(26)14-10-16(29-18(14)15)20(27,28)24-5-7-30-8-6-24/h3-4,9-11,27-28H,5-8H2,1-2H3,(H,21,22,25). The second kappa shape index (κ2) is 7.88. The number of hydrogen-bond acceptors (Lipinski definition) is 8. The van der Waals surface area contributed by atoms with Crippen molar-refractivity contribution in [1.82, 2.24) is 14.5 Å². The van der Waals surface area contributed by atoms with Crippen molar-refractivity contribution in [2.75, 3.05) is 29.9 Å². The third-order valence-corrected chi connectivity index (χ3v) is 5.95. The van der Waals surface area contributed by atoms with Crippen molar-refractivity contribution in [3.63, 3.8) is 0 Å². The van der Waals surface area contributed by atoms with Gasteiger partial charge >= 0.3 is 0 Å². The number of carbonyl (C=O) groups is 1. The van der Waals surface area contributed by atoms with E-state index in [4.69, 9.17) is 4.42 Å². The molecular formula is C20H22N4O5S. The van der Waals surface area contributed by atoms with Gasteiger partial charge in [-0.3, -0.25) is 9.59 Å². The van der Waals surface area contributed by atoms with Crippen LogP contribution in [0.3, 0.4) is 0 Å². The van der Waals surface area contributed by atoms with E-state index in [0.29, 0.717) is 30.0 Å². The summed E-state index contributed by atoms with van der Waals surface area (Å²) < 4.78 is 7.27. The number of aliphatic hydroxyl groups is 2. The van der Waals surface area contributed by atoms with Gasteiger partial charge in [0.1, 0.15) is 11.4 Å². The third-order valence-electron chi connectivity index (χ3n) is 5.01. The molecule has 4 rings (SSSR count). The Hall–Kier alpha value is -2.66. The zero-order chi connectivity index (χ0) is 21.5. The van der Waals surface area contributed by atoms with E-state index in [1.807, 2.05) is 0 Å². The average Bonchev–Trinajstić information content (AvgIpc) is 3.18. The van der Waals surface area contributed by atoms with Gasteiger partial charge in [0.15, 0.2) is 5.76 Å². The number of thioether (sulfide) groups is 1. The number of nitrogens with zero attached hydrogens (tertiary/aromatic N) is 3. The molecule has 4 heterocycles. The van der Waals surface area contributed by atoms with Crippen LogP contribution in [0.4, 0.5) is 5.82 Å². The number of aromatic nitrogens is 2. The summed E-state index contributed by atoms with van der Waals surface area (Å²) in [4.78, 5) is 29.7. The van der Waals surface area contributed by atoms with Gasteiger partial charge in [0.2, 0.25) is 5.91 Å². The number of pyridine rings is 2. The fourth-order valence-corrected chi connectivity index (χ4v) is 4.40. The van der Waals surface area contributed by atoms with Gasteiger partial charge in [0.25, 0.3) is 11.5 Å². The summed E-state index contributed by atoms with van der Waals surface area (Å²) in [6, 6.07) is 4.77. The molecule has 1 aliphatic heterocycles. The van der Waals surface area contributed by atoms with Gasteiger partial charge in [0.05, 0.1) is 5.39 Å². The number of fused-ring (bicyclic) bond motifs is 1. The highest BCUT2D eigenvalue weighted by molar-refractivity contribution is 7.99. The van der Waals surface area contributed by atoms with Gasteiger partial charge in [-0.05, 0) is 17.7 Å². The zero-order valence-corrected chi connectivity index (χ0v) is 17.4. The number of amides is 1. The molecule has 9 nitrogen and oxygen atoms in total. The number of aryl methyl sites for hydroxylation is 1. The Labute approximate surface area is 176 Å². The van der Waals surface area contributed by atoms with Crippen LogP contribution in [0.1, 0.15) is 12.7 Å². The first-order valence-corrected chi connectivity index (χ1v) is 10.6. The molecule has 1 fully saturated rings. The Kier molecular flexibility index (Phi) is 5.41. The van der Waals surface area contributed by atoms with Gasteiger partial charge in [-0.2, -0.15) is 11.8 Å². The minimum absolute atomic E-state index is 0.106. The molecular weight excluding hydrogens is 408 g/mol. The Morgan fingerprint density at radius 2 is 2.03 bits per heavy atom. The maximum absolute atomic E-state index is 12.7. The van der Waals surface area contributed by atoms with Crippen molar-refractivity contribution in [2.45, 2.75) is 12.8 Å². The van der Waals surface area contributed by atoms with Crippen molar-refractivity contribution in [3.8, 4) is 11.1 Å². The maximum atomic E-state index is 12.7. The van der Waals surface area contributed by atoms with Crippen molar-refractivity contribution in [1.29, 1.82) is 0 Å². The lowest BCUT2D eigenvalue weighted by Crippen LogP contribution is -2.49. The molecule has 0 aromatic carbocycles. The molecule has 30 heavy (non-hydrogen) atoms. The lowest BCUT2D eigenvalue weighted by molar-refractivity contribution is -0.282. The molecule has 3 aromatic heterocycles. The summed E-state index contributed by atoms with van der Waals surface area (Å²) in [5.74, 6) is -0.765. The first-order chi connectivity index (χ1) is 14.3. The van der Waals surface area contributed by atoms with Gasteiger partial charge < -0.3 is 24.5 Å². The second-order valence-corrected chi connectivity index (χ2v) is 8.38. The van der Waals surface area contributed by atoms with E-state index >= 15 is 0 Å². The smallest absolute Gasteiger partial charge is 0.287 e. The van der Waals surface area contributed by atoms with Crippen LogP contribution in [0.5, 0.6) is 0 Å². The van der Waals surface area contributed by atoms with Crippen LogP contribution in [-0.4, -0.2) is 55.2 Å². The highest BCUT2D eigenvalue weighted by Crippen LogP contribution is 2.34. The minimum Gasteiger partial charge on any atom is -0.453 e. The lowest BCUT2D eigenvalue weighted by atomic mass is 10.1. The quantitative estimate of drug-likeness (QED) is 0.530. The van der Waals surface area contributed by atoms with Gasteiger partial charge in [0, 0.05) is 62.6 Å². The average molecular weight is 430 g/mol. The zero-order valence-electron chi connectivity index (χ0n) is 16.6. The molecule has 3 aromatic rings. The molecule has 3 N–H and O–H groups in total. The molecule has 0 aliphatic carbocycles. The minimum atomic E-state index is -2.32. The summed E-state index contributed by atoms with van der Waals surface area (Å²) in [5, 5.41) is 24.4. The number of nitrogens with one attached hydrogen (secondary N) is 1. The van der Waals surface area contributed by atoms with E-state index < -0.39 is 5.91 Å². The number of carbonyl (C=O) groups excluding carboxylic acids is 1. The first-order valence-electron chi connectivity index (χ1n) is 9.42. The van der Waals surface area contributed by atoms with Crippen molar-refractivity contribution < 1.29 is 19.4 Å². The predicted octanol–water partition coefficient (Wildman–Crippen LogP) is 1.30. The van der Waals surface area contributed by atoms with Crippen LogP contribution in [0.25, 0.3) is 22.1 Å². The maximum Gasteiger partial charge on any atom is 0.287 e. The van der Waals surface area contributed by atoms with Gasteiger partial charge in [-0.1, -0.05) is 0 Å². The number of furan rings is 1. The molecule has 0 saturated carbocycles. The number of anilines is 1. The van der Waals surface area contributed by atoms with Crippen molar-refractivity contribution >= 4 is 34.5 Å². The Morgan fingerprint density at radius 1 is 1.30 bits per heavy atom. The van der Waals surface area contributed by atoms with E-state index in [9.17, 15) is 19.8 Å².